The molecule has 0 bridgehead atoms. The third kappa shape index (κ3) is 4.78. The Morgan fingerprint density at radius 2 is 1.67 bits per heavy atom. The lowest BCUT2D eigenvalue weighted by Crippen LogP contribution is -2.14. The second-order valence-electron chi connectivity index (χ2n) is 6.24. The summed E-state index contributed by atoms with van der Waals surface area (Å²) in [5.74, 6) is 0.981. The summed E-state index contributed by atoms with van der Waals surface area (Å²) in [7, 11) is -3.77. The number of hydrogen-bond donors (Lipinski definition) is 1. The van der Waals surface area contributed by atoms with Crippen molar-refractivity contribution in [1.82, 2.24) is 4.98 Å². The third-order valence-electron chi connectivity index (χ3n) is 3.90. The van der Waals surface area contributed by atoms with Crippen molar-refractivity contribution >= 4 is 27.3 Å². The number of nitrogens with zero attached hydrogens (tertiary/aromatic N) is 1. The molecule has 3 aromatic rings. The molecule has 0 spiro atoms. The highest BCUT2D eigenvalue weighted by atomic mass is 35.5. The summed E-state index contributed by atoms with van der Waals surface area (Å²) in [4.78, 5) is 4.30. The average Bonchev–Trinajstić information content (AvgIpc) is 2.65. The van der Waals surface area contributed by atoms with Crippen molar-refractivity contribution in [3.63, 3.8) is 0 Å². The van der Waals surface area contributed by atoms with Crippen molar-refractivity contribution in [2.75, 3.05) is 4.72 Å². The second-order valence-corrected chi connectivity index (χ2v) is 8.36. The topological polar surface area (TPSA) is 68.3 Å². The van der Waals surface area contributed by atoms with E-state index in [4.69, 9.17) is 16.3 Å². The minimum absolute atomic E-state index is 0.155. The predicted molar refractivity (Wildman–Crippen MR) is 107 cm³/mol. The standard InChI is InChI=1S/C20H19ClN2O3S/c1-14(2)15-5-11-18(12-6-15)27(24,25)23-19-4-3-13-22-20(19)26-17-9-7-16(21)8-10-17/h3-14,23H,1-2H3. The highest BCUT2D eigenvalue weighted by Gasteiger charge is 2.18. The van der Waals surface area contributed by atoms with Gasteiger partial charge in [0.1, 0.15) is 11.4 Å². The Kier molecular flexibility index (Phi) is 5.68. The van der Waals surface area contributed by atoms with Gasteiger partial charge in [0.25, 0.3) is 10.0 Å². The normalized spacial score (nSPS) is 11.4. The van der Waals surface area contributed by atoms with Crippen LogP contribution in [0.25, 0.3) is 0 Å². The molecule has 0 aliphatic heterocycles. The van der Waals surface area contributed by atoms with Crippen molar-refractivity contribution in [3.8, 4) is 11.6 Å². The van der Waals surface area contributed by atoms with Gasteiger partial charge in [-0.15, -0.1) is 0 Å². The van der Waals surface area contributed by atoms with Gasteiger partial charge in [0.05, 0.1) is 4.90 Å². The first-order chi connectivity index (χ1) is 12.8. The second kappa shape index (κ2) is 7.98. The fraction of sp³-hybridized carbons (Fsp3) is 0.150. The van der Waals surface area contributed by atoms with Crippen LogP contribution >= 0.6 is 11.6 Å². The van der Waals surface area contributed by atoms with Crippen LogP contribution < -0.4 is 9.46 Å². The van der Waals surface area contributed by atoms with Crippen LogP contribution in [0.4, 0.5) is 5.69 Å². The molecule has 0 radical (unpaired) electrons. The Morgan fingerprint density at radius 1 is 1.00 bits per heavy atom. The molecule has 27 heavy (non-hydrogen) atoms. The van der Waals surface area contributed by atoms with Crippen LogP contribution in [-0.2, 0) is 10.0 Å². The zero-order valence-electron chi connectivity index (χ0n) is 14.9. The maximum Gasteiger partial charge on any atom is 0.262 e. The van der Waals surface area contributed by atoms with E-state index in [9.17, 15) is 8.42 Å². The van der Waals surface area contributed by atoms with E-state index in [-0.39, 0.29) is 16.5 Å². The first-order valence-electron chi connectivity index (χ1n) is 8.36. The molecule has 0 amide bonds. The molecule has 0 saturated carbocycles. The summed E-state index contributed by atoms with van der Waals surface area (Å²) < 4.78 is 33.7. The van der Waals surface area contributed by atoms with Crippen molar-refractivity contribution in [1.29, 1.82) is 0 Å². The smallest absolute Gasteiger partial charge is 0.262 e. The van der Waals surface area contributed by atoms with Crippen LogP contribution in [0.3, 0.4) is 0 Å². The van der Waals surface area contributed by atoms with Crippen LogP contribution in [0.5, 0.6) is 11.6 Å². The molecule has 3 rings (SSSR count). The Morgan fingerprint density at radius 3 is 2.30 bits per heavy atom. The molecular formula is C20H19ClN2O3S. The summed E-state index contributed by atoms with van der Waals surface area (Å²) in [5, 5.41) is 0.578. The fourth-order valence-electron chi connectivity index (χ4n) is 2.40. The lowest BCUT2D eigenvalue weighted by Gasteiger charge is -2.13. The van der Waals surface area contributed by atoms with Gasteiger partial charge in [0.2, 0.25) is 5.88 Å². The van der Waals surface area contributed by atoms with Crippen LogP contribution in [-0.4, -0.2) is 13.4 Å². The van der Waals surface area contributed by atoms with E-state index in [1.165, 1.54) is 6.20 Å². The van der Waals surface area contributed by atoms with Gasteiger partial charge in [-0.25, -0.2) is 13.4 Å². The molecule has 0 fully saturated rings. The van der Waals surface area contributed by atoms with Crippen LogP contribution in [0.15, 0.2) is 71.8 Å². The molecule has 0 saturated heterocycles. The van der Waals surface area contributed by atoms with Crippen molar-refractivity contribution < 1.29 is 13.2 Å². The molecule has 2 aromatic carbocycles. The molecule has 1 N–H and O–H groups in total. The molecular weight excluding hydrogens is 384 g/mol. The highest BCUT2D eigenvalue weighted by Crippen LogP contribution is 2.29. The lowest BCUT2D eigenvalue weighted by molar-refractivity contribution is 0.465. The van der Waals surface area contributed by atoms with Gasteiger partial charge in [0.15, 0.2) is 0 Å². The summed E-state index contributed by atoms with van der Waals surface area (Å²) in [5.41, 5.74) is 1.32. The number of rotatable bonds is 6. The summed E-state index contributed by atoms with van der Waals surface area (Å²) in [6, 6.07) is 16.8. The number of hydrogen-bond acceptors (Lipinski definition) is 4. The van der Waals surface area contributed by atoms with Crippen LogP contribution in [0, 0.1) is 0 Å². The zero-order chi connectivity index (χ0) is 19.4. The first kappa shape index (κ1) is 19.2. The van der Waals surface area contributed by atoms with Crippen molar-refractivity contribution in [2.45, 2.75) is 24.7 Å². The molecule has 0 aliphatic carbocycles. The minimum Gasteiger partial charge on any atom is -0.437 e. The largest absolute Gasteiger partial charge is 0.437 e. The van der Waals surface area contributed by atoms with Gasteiger partial charge in [-0.2, -0.15) is 0 Å². The van der Waals surface area contributed by atoms with E-state index in [2.05, 4.69) is 23.6 Å². The van der Waals surface area contributed by atoms with E-state index in [1.807, 2.05) is 12.1 Å². The summed E-state index contributed by atoms with van der Waals surface area (Å²) in [6.07, 6.45) is 1.53. The molecule has 140 valence electrons. The van der Waals surface area contributed by atoms with E-state index < -0.39 is 10.0 Å². The monoisotopic (exact) mass is 402 g/mol. The van der Waals surface area contributed by atoms with Crippen molar-refractivity contribution in [2.24, 2.45) is 0 Å². The SMILES string of the molecule is CC(C)c1ccc(S(=O)(=O)Nc2cccnc2Oc2ccc(Cl)cc2)cc1. The molecule has 7 heteroatoms. The van der Waals surface area contributed by atoms with Crippen molar-refractivity contribution in [3.05, 3.63) is 77.4 Å². The number of pyridine rings is 1. The highest BCUT2D eigenvalue weighted by molar-refractivity contribution is 7.92. The molecule has 1 aromatic heterocycles. The molecule has 0 aliphatic rings. The van der Waals surface area contributed by atoms with Gasteiger partial charge in [-0.3, -0.25) is 4.72 Å². The Balaban J connectivity index is 1.85. The third-order valence-corrected chi connectivity index (χ3v) is 5.53. The first-order valence-corrected chi connectivity index (χ1v) is 10.2. The Hall–Kier alpha value is -2.57. The number of halogens is 1. The zero-order valence-corrected chi connectivity index (χ0v) is 16.5. The van der Waals surface area contributed by atoms with E-state index in [0.717, 1.165) is 5.56 Å². The molecule has 5 nitrogen and oxygen atoms in total. The number of nitrogens with one attached hydrogen (secondary N) is 1. The van der Waals surface area contributed by atoms with Gasteiger partial charge in [0, 0.05) is 11.2 Å². The minimum atomic E-state index is -3.77. The lowest BCUT2D eigenvalue weighted by atomic mass is 10.0. The maximum absolute atomic E-state index is 12.7. The van der Waals surface area contributed by atoms with Crippen LogP contribution in [0.1, 0.15) is 25.3 Å². The van der Waals surface area contributed by atoms with E-state index in [1.54, 1.807) is 48.5 Å². The number of anilines is 1. The summed E-state index contributed by atoms with van der Waals surface area (Å²) >= 11 is 5.87. The quantitative estimate of drug-likeness (QED) is 0.595. The average molecular weight is 403 g/mol. The van der Waals surface area contributed by atoms with Gasteiger partial charge < -0.3 is 4.74 Å². The maximum atomic E-state index is 12.7. The van der Waals surface area contributed by atoms with Crippen LogP contribution in [0.2, 0.25) is 5.02 Å². The van der Waals surface area contributed by atoms with Gasteiger partial charge in [-0.1, -0.05) is 37.6 Å². The Labute approximate surface area is 164 Å². The molecule has 0 unspecified atom stereocenters. The molecule has 0 atom stereocenters. The Bertz CT molecular complexity index is 1020. The number of benzene rings is 2. The van der Waals surface area contributed by atoms with Gasteiger partial charge in [-0.05, 0) is 60.0 Å². The van der Waals surface area contributed by atoms with Gasteiger partial charge >= 0.3 is 0 Å². The number of sulfonamides is 1. The predicted octanol–water partition coefficient (Wildman–Crippen LogP) is 5.45. The number of ether oxygens (including phenoxy) is 1. The van der Waals surface area contributed by atoms with E-state index in [0.29, 0.717) is 16.7 Å². The molecule has 1 heterocycles. The van der Waals surface area contributed by atoms with E-state index >= 15 is 0 Å². The fourth-order valence-corrected chi connectivity index (χ4v) is 3.58. The summed E-state index contributed by atoms with van der Waals surface area (Å²) in [6.45, 7) is 4.11. The number of aromatic nitrogens is 1.